The van der Waals surface area contributed by atoms with Crippen LogP contribution in [0.1, 0.15) is 18.1 Å². The summed E-state index contributed by atoms with van der Waals surface area (Å²) in [6, 6.07) is 13.3. The quantitative estimate of drug-likeness (QED) is 0.418. The first-order chi connectivity index (χ1) is 13.9. The number of nitrogens with zero attached hydrogens (tertiary/aromatic N) is 2. The van der Waals surface area contributed by atoms with E-state index in [9.17, 15) is 20.0 Å². The molecule has 0 saturated carbocycles. The van der Waals surface area contributed by atoms with Crippen molar-refractivity contribution in [2.45, 2.75) is 13.8 Å². The molecule has 0 fully saturated rings. The number of benzene rings is 2. The maximum absolute atomic E-state index is 12.4. The molecule has 1 N–H and O–H groups in total. The largest absolute Gasteiger partial charge is 0.506 e. The summed E-state index contributed by atoms with van der Waals surface area (Å²) in [7, 11) is 0. The molecule has 0 spiro atoms. The van der Waals surface area contributed by atoms with E-state index < -0.39 is 10.9 Å². The number of aryl methyl sites for hydroxylation is 1. The number of aliphatic hydroxyl groups excluding tert-OH is 1. The zero-order valence-electron chi connectivity index (χ0n) is 15.8. The minimum atomic E-state index is -0.675. The molecule has 0 saturated heterocycles. The molecule has 0 atom stereocenters. The molecule has 1 aliphatic rings. The van der Waals surface area contributed by atoms with Crippen LogP contribution in [0, 0.1) is 17.0 Å². The zero-order valence-corrected chi connectivity index (χ0v) is 16.6. The number of nitro groups is 1. The average molecular weight is 410 g/mol. The lowest BCUT2D eigenvalue weighted by atomic mass is 10.1. The van der Waals surface area contributed by atoms with Gasteiger partial charge in [-0.2, -0.15) is 0 Å². The molecule has 0 aromatic heterocycles. The highest BCUT2D eigenvalue weighted by Crippen LogP contribution is 2.40. The second-order valence-electron chi connectivity index (χ2n) is 6.16. The maximum Gasteiger partial charge on any atom is 0.344 e. The predicted molar refractivity (Wildman–Crippen MR) is 113 cm³/mol. The van der Waals surface area contributed by atoms with Gasteiger partial charge < -0.3 is 9.84 Å². The molecule has 1 heterocycles. The number of ether oxygens (including phenoxy) is 1. The van der Waals surface area contributed by atoms with E-state index in [2.05, 4.69) is 4.99 Å². The average Bonchev–Trinajstić information content (AvgIpc) is 2.99. The van der Waals surface area contributed by atoms with E-state index in [0.717, 1.165) is 22.9 Å². The van der Waals surface area contributed by atoms with E-state index in [0.29, 0.717) is 10.6 Å². The van der Waals surface area contributed by atoms with Crippen molar-refractivity contribution in [2.75, 3.05) is 6.61 Å². The van der Waals surface area contributed by atoms with Crippen LogP contribution in [0.5, 0.6) is 0 Å². The summed E-state index contributed by atoms with van der Waals surface area (Å²) in [6.07, 6.45) is 1.76. The number of carbonyl (C=O) groups is 1. The number of hydrogen-bond acceptors (Lipinski definition) is 7. The van der Waals surface area contributed by atoms with Crippen molar-refractivity contribution in [3.8, 4) is 0 Å². The van der Waals surface area contributed by atoms with E-state index in [1.807, 2.05) is 31.2 Å². The Morgan fingerprint density at radius 1 is 1.21 bits per heavy atom. The van der Waals surface area contributed by atoms with Crippen LogP contribution in [-0.2, 0) is 9.53 Å². The van der Waals surface area contributed by atoms with E-state index >= 15 is 0 Å². The van der Waals surface area contributed by atoms with Crippen LogP contribution in [0.25, 0.3) is 6.08 Å². The van der Waals surface area contributed by atoms with Gasteiger partial charge in [-0.25, -0.2) is 9.79 Å². The number of aliphatic hydroxyl groups is 1. The van der Waals surface area contributed by atoms with Gasteiger partial charge in [0.15, 0.2) is 0 Å². The van der Waals surface area contributed by atoms with Gasteiger partial charge in [-0.3, -0.25) is 10.1 Å². The Labute approximate surface area is 171 Å². The smallest absolute Gasteiger partial charge is 0.344 e. The summed E-state index contributed by atoms with van der Waals surface area (Å²) in [4.78, 5) is 27.6. The van der Waals surface area contributed by atoms with Gasteiger partial charge in [0, 0.05) is 12.1 Å². The van der Waals surface area contributed by atoms with Gasteiger partial charge >= 0.3 is 5.97 Å². The summed E-state index contributed by atoms with van der Waals surface area (Å²) in [6.45, 7) is 3.81. The van der Waals surface area contributed by atoms with Gasteiger partial charge in [-0.05, 0) is 37.6 Å². The number of esters is 1. The molecule has 3 rings (SSSR count). The minimum Gasteiger partial charge on any atom is -0.506 e. The number of thioether (sulfide) groups is 1. The summed E-state index contributed by atoms with van der Waals surface area (Å²) < 4.78 is 5.06. The molecule has 8 heteroatoms. The Hall–Kier alpha value is -3.39. The number of aliphatic imine (C=N–C) groups is 1. The van der Waals surface area contributed by atoms with Crippen LogP contribution in [-0.4, -0.2) is 27.6 Å². The minimum absolute atomic E-state index is 0.0198. The van der Waals surface area contributed by atoms with Crippen LogP contribution >= 0.6 is 11.8 Å². The van der Waals surface area contributed by atoms with E-state index in [-0.39, 0.29) is 28.7 Å². The van der Waals surface area contributed by atoms with Gasteiger partial charge in [-0.15, -0.1) is 0 Å². The fourth-order valence-electron chi connectivity index (χ4n) is 2.57. The van der Waals surface area contributed by atoms with Crippen LogP contribution in [0.15, 0.2) is 69.8 Å². The van der Waals surface area contributed by atoms with E-state index in [4.69, 9.17) is 4.74 Å². The lowest BCUT2D eigenvalue weighted by molar-refractivity contribution is -0.384. The molecule has 0 aliphatic carbocycles. The third kappa shape index (κ3) is 4.72. The topological polar surface area (TPSA) is 102 Å². The zero-order chi connectivity index (χ0) is 21.0. The third-order valence-electron chi connectivity index (χ3n) is 4.04. The lowest BCUT2D eigenvalue weighted by Gasteiger charge is -2.03. The Morgan fingerprint density at radius 2 is 1.86 bits per heavy atom. The van der Waals surface area contributed by atoms with Crippen LogP contribution in [0.3, 0.4) is 0 Å². The van der Waals surface area contributed by atoms with Gasteiger partial charge in [0.05, 0.1) is 22.1 Å². The molecule has 7 nitrogen and oxygen atoms in total. The molecule has 0 unspecified atom stereocenters. The molecule has 2 aromatic carbocycles. The van der Waals surface area contributed by atoms with Crippen molar-refractivity contribution in [3.05, 3.63) is 86.0 Å². The highest BCUT2D eigenvalue weighted by Gasteiger charge is 2.33. The lowest BCUT2D eigenvalue weighted by Crippen LogP contribution is -2.12. The standard InChI is InChI=1S/C21H18N2O5S/c1-3-28-21(25)18-19(24)17(12-14-6-4-13(2)5-7-14)29-20(18)22-15-8-10-16(11-9-15)23(26)27/h4-12,24H,3H2,1-2H3/b17-12-,22-20?. The summed E-state index contributed by atoms with van der Waals surface area (Å²) in [5.74, 6) is -0.875. The molecule has 1 aliphatic heterocycles. The molecular formula is C21H18N2O5S. The molecule has 0 amide bonds. The number of non-ortho nitro benzene ring substituents is 1. The Morgan fingerprint density at radius 3 is 2.45 bits per heavy atom. The molecule has 0 radical (unpaired) electrons. The van der Waals surface area contributed by atoms with Crippen LogP contribution in [0.4, 0.5) is 11.4 Å². The summed E-state index contributed by atoms with van der Waals surface area (Å²) in [5, 5.41) is 21.7. The normalized spacial score (nSPS) is 16.5. The molecule has 0 bridgehead atoms. The molecule has 148 valence electrons. The maximum atomic E-state index is 12.4. The molecule has 29 heavy (non-hydrogen) atoms. The van der Waals surface area contributed by atoms with Crippen molar-refractivity contribution >= 4 is 40.2 Å². The Balaban J connectivity index is 2.00. The fourth-order valence-corrected chi connectivity index (χ4v) is 3.61. The van der Waals surface area contributed by atoms with Gasteiger partial charge in [0.25, 0.3) is 5.69 Å². The molecule has 2 aromatic rings. The highest BCUT2D eigenvalue weighted by molar-refractivity contribution is 8.18. The van der Waals surface area contributed by atoms with E-state index in [1.54, 1.807) is 13.0 Å². The first-order valence-electron chi connectivity index (χ1n) is 8.79. The monoisotopic (exact) mass is 410 g/mol. The van der Waals surface area contributed by atoms with Gasteiger partial charge in [0.2, 0.25) is 0 Å². The Kier molecular flexibility index (Phi) is 6.13. The summed E-state index contributed by atoms with van der Waals surface area (Å²) >= 11 is 1.14. The second kappa shape index (κ2) is 8.74. The SMILES string of the molecule is CCOC(=O)C1=C(O)/C(=C/c2ccc(C)cc2)SC1=Nc1ccc([N+](=O)[O-])cc1. The number of carbonyl (C=O) groups excluding carboxylic acids is 1. The first-order valence-corrected chi connectivity index (χ1v) is 9.61. The first kappa shape index (κ1) is 20.3. The number of hydrogen-bond donors (Lipinski definition) is 1. The fraction of sp³-hybridized carbons (Fsp3) is 0.143. The summed E-state index contributed by atoms with van der Waals surface area (Å²) in [5.41, 5.74) is 2.32. The highest BCUT2D eigenvalue weighted by atomic mass is 32.2. The van der Waals surface area contributed by atoms with Gasteiger partial charge in [0.1, 0.15) is 16.4 Å². The van der Waals surface area contributed by atoms with Crippen molar-refractivity contribution in [3.63, 3.8) is 0 Å². The van der Waals surface area contributed by atoms with Gasteiger partial charge in [-0.1, -0.05) is 41.6 Å². The van der Waals surface area contributed by atoms with Crippen LogP contribution < -0.4 is 0 Å². The second-order valence-corrected chi connectivity index (χ2v) is 7.19. The third-order valence-corrected chi connectivity index (χ3v) is 5.06. The number of rotatable bonds is 5. The van der Waals surface area contributed by atoms with Crippen molar-refractivity contribution in [1.29, 1.82) is 0 Å². The molecular weight excluding hydrogens is 392 g/mol. The van der Waals surface area contributed by atoms with Crippen molar-refractivity contribution in [1.82, 2.24) is 0 Å². The predicted octanol–water partition coefficient (Wildman–Crippen LogP) is 5.10. The van der Waals surface area contributed by atoms with E-state index in [1.165, 1.54) is 24.3 Å². The number of nitro benzene ring substituents is 1. The van der Waals surface area contributed by atoms with Crippen LogP contribution in [0.2, 0.25) is 0 Å². The Bertz CT molecular complexity index is 1040. The van der Waals surface area contributed by atoms with Crippen molar-refractivity contribution in [2.24, 2.45) is 4.99 Å². The van der Waals surface area contributed by atoms with Crippen molar-refractivity contribution < 1.29 is 19.6 Å².